The molecule has 6 heteroatoms. The molecule has 0 spiro atoms. The molecule has 0 saturated carbocycles. The molecule has 2 aromatic carbocycles. The average Bonchev–Trinajstić information content (AvgIpc) is 3.11. The first kappa shape index (κ1) is 17.4. The molecule has 1 heterocycles. The van der Waals surface area contributed by atoms with Crippen LogP contribution in [0.1, 0.15) is 23.1 Å². The average molecular weight is 368 g/mol. The minimum Gasteiger partial charge on any atom is -0.432 e. The lowest BCUT2D eigenvalue weighted by Gasteiger charge is -2.12. The van der Waals surface area contributed by atoms with E-state index in [1.807, 2.05) is 6.07 Å². The number of anilines is 1. The lowest BCUT2D eigenvalue weighted by Crippen LogP contribution is -2.15. The molecular weight excluding hydrogens is 350 g/mol. The van der Waals surface area contributed by atoms with Gasteiger partial charge in [0, 0.05) is 11.6 Å². The van der Waals surface area contributed by atoms with Gasteiger partial charge >= 0.3 is 6.61 Å². The van der Waals surface area contributed by atoms with Crippen molar-refractivity contribution >= 4 is 22.5 Å². The Morgan fingerprint density at radius 1 is 1.15 bits per heavy atom. The van der Waals surface area contributed by atoms with Crippen molar-refractivity contribution < 1.29 is 18.3 Å². The van der Waals surface area contributed by atoms with Crippen molar-refractivity contribution in [1.29, 1.82) is 0 Å². The van der Waals surface area contributed by atoms with E-state index < -0.39 is 6.61 Å². The Morgan fingerprint density at radius 3 is 2.85 bits per heavy atom. The van der Waals surface area contributed by atoms with Gasteiger partial charge in [0.15, 0.2) is 5.75 Å². The number of fused-ring (bicyclic) bond motifs is 2. The predicted octanol–water partition coefficient (Wildman–Crippen LogP) is 4.51. The summed E-state index contributed by atoms with van der Waals surface area (Å²) in [6, 6.07) is 12.5. The van der Waals surface area contributed by atoms with Crippen molar-refractivity contribution in [3.05, 3.63) is 65.4 Å². The first-order valence-electron chi connectivity index (χ1n) is 8.83. The number of nitrogens with one attached hydrogen (secondary N) is 1. The maximum absolute atomic E-state index is 12.6. The maximum Gasteiger partial charge on any atom is 0.387 e. The Hall–Kier alpha value is -3.02. The first-order valence-corrected chi connectivity index (χ1v) is 8.83. The van der Waals surface area contributed by atoms with Crippen LogP contribution in [0.5, 0.6) is 5.75 Å². The third-order valence-corrected chi connectivity index (χ3v) is 4.75. The van der Waals surface area contributed by atoms with Crippen LogP contribution < -0.4 is 10.1 Å². The summed E-state index contributed by atoms with van der Waals surface area (Å²) in [6.45, 7) is -2.93. The Balaban J connectivity index is 1.55. The number of alkyl halides is 2. The van der Waals surface area contributed by atoms with Gasteiger partial charge in [-0.15, -0.1) is 0 Å². The number of pyridine rings is 1. The van der Waals surface area contributed by atoms with Crippen LogP contribution in [0.4, 0.5) is 14.5 Å². The van der Waals surface area contributed by atoms with Gasteiger partial charge in [-0.2, -0.15) is 8.78 Å². The zero-order valence-electron chi connectivity index (χ0n) is 14.5. The molecule has 1 aromatic heterocycles. The van der Waals surface area contributed by atoms with Gasteiger partial charge in [-0.1, -0.05) is 18.2 Å². The second kappa shape index (κ2) is 7.31. The van der Waals surface area contributed by atoms with E-state index >= 15 is 0 Å². The summed E-state index contributed by atoms with van der Waals surface area (Å²) in [5, 5.41) is 3.41. The van der Waals surface area contributed by atoms with Crippen molar-refractivity contribution in [1.82, 2.24) is 4.98 Å². The first-order chi connectivity index (χ1) is 13.1. The third kappa shape index (κ3) is 3.74. The monoisotopic (exact) mass is 368 g/mol. The molecule has 0 atom stereocenters. The molecule has 1 aliphatic carbocycles. The van der Waals surface area contributed by atoms with Gasteiger partial charge in [0.1, 0.15) is 5.52 Å². The number of halogens is 2. The van der Waals surface area contributed by atoms with Crippen LogP contribution in [-0.4, -0.2) is 17.5 Å². The van der Waals surface area contributed by atoms with Crippen molar-refractivity contribution in [3.63, 3.8) is 0 Å². The summed E-state index contributed by atoms with van der Waals surface area (Å²) < 4.78 is 29.7. The van der Waals surface area contributed by atoms with Gasteiger partial charge in [-0.25, -0.2) is 0 Å². The van der Waals surface area contributed by atoms with Crippen LogP contribution in [0.2, 0.25) is 0 Å². The minimum atomic E-state index is -2.93. The van der Waals surface area contributed by atoms with Crippen molar-refractivity contribution in [2.75, 3.05) is 5.32 Å². The van der Waals surface area contributed by atoms with Crippen LogP contribution in [0.15, 0.2) is 48.7 Å². The number of amides is 1. The van der Waals surface area contributed by atoms with Gasteiger partial charge in [-0.3, -0.25) is 9.78 Å². The van der Waals surface area contributed by atoms with Crippen molar-refractivity contribution in [3.8, 4) is 5.75 Å². The molecule has 1 amide bonds. The summed E-state index contributed by atoms with van der Waals surface area (Å²) in [5.74, 6) is -0.183. The number of nitrogens with zero attached hydrogens (tertiary/aromatic N) is 1. The van der Waals surface area contributed by atoms with Crippen LogP contribution in [0, 0.1) is 0 Å². The molecule has 0 saturated heterocycles. The van der Waals surface area contributed by atoms with E-state index in [2.05, 4.69) is 27.2 Å². The summed E-state index contributed by atoms with van der Waals surface area (Å²) in [5.41, 5.74) is 4.46. The van der Waals surface area contributed by atoms with E-state index in [1.54, 1.807) is 18.2 Å². The molecule has 4 rings (SSSR count). The number of aromatic nitrogens is 1. The van der Waals surface area contributed by atoms with Crippen molar-refractivity contribution in [2.24, 2.45) is 0 Å². The van der Waals surface area contributed by atoms with Gasteiger partial charge in [0.2, 0.25) is 5.91 Å². The maximum atomic E-state index is 12.6. The van der Waals surface area contributed by atoms with Gasteiger partial charge in [0.25, 0.3) is 0 Å². The van der Waals surface area contributed by atoms with E-state index in [0.29, 0.717) is 11.1 Å². The third-order valence-electron chi connectivity index (χ3n) is 4.75. The molecule has 0 fully saturated rings. The van der Waals surface area contributed by atoms with E-state index in [9.17, 15) is 13.6 Å². The number of ether oxygens (including phenoxy) is 1. The molecule has 0 unspecified atom stereocenters. The van der Waals surface area contributed by atoms with Crippen molar-refractivity contribution in [2.45, 2.75) is 32.3 Å². The molecule has 0 aliphatic heterocycles. The smallest absolute Gasteiger partial charge is 0.387 e. The number of aryl methyl sites for hydroxylation is 2. The summed E-state index contributed by atoms with van der Waals surface area (Å²) in [4.78, 5) is 16.6. The number of carbonyl (C=O) groups excluding carboxylic acids is 1. The Kier molecular flexibility index (Phi) is 4.71. The lowest BCUT2D eigenvalue weighted by atomic mass is 10.0. The van der Waals surface area contributed by atoms with Gasteiger partial charge in [-0.05, 0) is 60.2 Å². The molecule has 138 valence electrons. The Morgan fingerprint density at radius 2 is 2.00 bits per heavy atom. The van der Waals surface area contributed by atoms with E-state index in [1.165, 1.54) is 23.4 Å². The zero-order chi connectivity index (χ0) is 18.8. The van der Waals surface area contributed by atoms with Crippen LogP contribution >= 0.6 is 0 Å². The fourth-order valence-electron chi connectivity index (χ4n) is 3.56. The predicted molar refractivity (Wildman–Crippen MR) is 99.2 cm³/mol. The highest BCUT2D eigenvalue weighted by Gasteiger charge is 2.15. The minimum absolute atomic E-state index is 0.0165. The topological polar surface area (TPSA) is 51.2 Å². The number of benzene rings is 2. The van der Waals surface area contributed by atoms with Crippen LogP contribution in [-0.2, 0) is 24.1 Å². The molecule has 0 radical (unpaired) electrons. The molecule has 27 heavy (non-hydrogen) atoms. The summed E-state index contributed by atoms with van der Waals surface area (Å²) >= 11 is 0. The van der Waals surface area contributed by atoms with E-state index in [4.69, 9.17) is 0 Å². The summed E-state index contributed by atoms with van der Waals surface area (Å²) in [7, 11) is 0. The highest BCUT2D eigenvalue weighted by Crippen LogP contribution is 2.31. The number of rotatable bonds is 5. The second-order valence-corrected chi connectivity index (χ2v) is 6.57. The normalized spacial score (nSPS) is 13.0. The number of carbonyl (C=O) groups is 1. The molecular formula is C21H18F2N2O2. The quantitative estimate of drug-likeness (QED) is 0.721. The Labute approximate surface area is 155 Å². The largest absolute Gasteiger partial charge is 0.432 e. The Bertz CT molecular complexity index is 1000. The fourth-order valence-corrected chi connectivity index (χ4v) is 3.56. The standard InChI is InChI=1S/C21H18F2N2O2/c22-21(23)27-18-9-8-17(16-5-2-10-24-20(16)18)25-19(26)12-13-6-7-14-3-1-4-15(14)11-13/h2,5-11,21H,1,3-4,12H2,(H,25,26). The highest BCUT2D eigenvalue weighted by molar-refractivity contribution is 6.03. The molecule has 0 bridgehead atoms. The lowest BCUT2D eigenvalue weighted by molar-refractivity contribution is -0.115. The molecule has 3 aromatic rings. The molecule has 1 N–H and O–H groups in total. The second-order valence-electron chi connectivity index (χ2n) is 6.57. The van der Waals surface area contributed by atoms with Crippen LogP contribution in [0.3, 0.4) is 0 Å². The van der Waals surface area contributed by atoms with Gasteiger partial charge in [0.05, 0.1) is 12.1 Å². The van der Waals surface area contributed by atoms with Crippen LogP contribution in [0.25, 0.3) is 10.9 Å². The SMILES string of the molecule is O=C(Cc1ccc2c(c1)CCC2)Nc1ccc(OC(F)F)c2ncccc12. The highest BCUT2D eigenvalue weighted by atomic mass is 19.3. The fraction of sp³-hybridized carbons (Fsp3) is 0.238. The van der Waals surface area contributed by atoms with Gasteiger partial charge < -0.3 is 10.1 Å². The molecule has 1 aliphatic rings. The number of hydrogen-bond acceptors (Lipinski definition) is 3. The molecule has 4 nitrogen and oxygen atoms in total. The van der Waals surface area contributed by atoms with E-state index in [0.717, 1.165) is 24.8 Å². The zero-order valence-corrected chi connectivity index (χ0v) is 14.5. The number of hydrogen-bond donors (Lipinski definition) is 1. The summed E-state index contributed by atoms with van der Waals surface area (Å²) in [6.07, 6.45) is 5.08. The van der Waals surface area contributed by atoms with E-state index in [-0.39, 0.29) is 23.6 Å².